The predicted octanol–water partition coefficient (Wildman–Crippen LogP) is 3.91. The van der Waals surface area contributed by atoms with E-state index < -0.39 is 11.0 Å². The smallest absolute Gasteiger partial charge is 0.410 e. The molecule has 0 saturated carbocycles. The topological polar surface area (TPSA) is 74.4 Å². The van der Waals surface area contributed by atoms with Gasteiger partial charge in [-0.2, -0.15) is 0 Å². The van der Waals surface area contributed by atoms with Gasteiger partial charge in [-0.15, -0.1) is 0 Å². The van der Waals surface area contributed by atoms with E-state index in [9.17, 15) is 14.9 Å². The molecule has 0 amide bonds. The normalized spacial score (nSPS) is 10.6. The third kappa shape index (κ3) is 2.54. The summed E-state index contributed by atoms with van der Waals surface area (Å²) in [6.45, 7) is 1.98. The molecule has 22 heavy (non-hydrogen) atoms. The molecule has 6 heteroatoms. The summed E-state index contributed by atoms with van der Waals surface area (Å²) in [6.07, 6.45) is 1.07. The predicted molar refractivity (Wildman–Crippen MR) is 81.2 cm³/mol. The fourth-order valence-corrected chi connectivity index (χ4v) is 2.21. The van der Waals surface area contributed by atoms with Crippen molar-refractivity contribution in [2.75, 3.05) is 0 Å². The largest absolute Gasteiger partial charge is 0.423 e. The van der Waals surface area contributed by atoms with E-state index in [0.29, 0.717) is 0 Å². The van der Waals surface area contributed by atoms with Crippen LogP contribution in [0.2, 0.25) is 0 Å². The van der Waals surface area contributed by atoms with Gasteiger partial charge in [-0.1, -0.05) is 11.6 Å². The van der Waals surface area contributed by atoms with Crippen LogP contribution in [0.15, 0.2) is 54.7 Å². The van der Waals surface area contributed by atoms with Crippen molar-refractivity contribution in [3.8, 4) is 5.75 Å². The molecule has 0 fully saturated rings. The number of carbonyl (C=O) groups excluding carboxylic acids is 1. The quantitative estimate of drug-likeness (QED) is 0.531. The summed E-state index contributed by atoms with van der Waals surface area (Å²) in [7, 11) is 0. The van der Waals surface area contributed by atoms with Gasteiger partial charge in [-0.05, 0) is 37.3 Å². The first kappa shape index (κ1) is 13.8. The molecule has 6 nitrogen and oxygen atoms in total. The zero-order valence-electron chi connectivity index (χ0n) is 11.7. The molecule has 3 rings (SSSR count). The van der Waals surface area contributed by atoms with E-state index in [1.165, 1.54) is 28.8 Å². The number of hydrogen-bond acceptors (Lipinski definition) is 4. The van der Waals surface area contributed by atoms with Gasteiger partial charge in [-0.25, -0.2) is 4.79 Å². The fourth-order valence-electron chi connectivity index (χ4n) is 2.21. The number of fused-ring (bicyclic) bond motifs is 1. The first-order valence-corrected chi connectivity index (χ1v) is 6.59. The molecular weight excluding hydrogens is 284 g/mol. The molecule has 0 N–H and O–H groups in total. The third-order valence-corrected chi connectivity index (χ3v) is 3.30. The van der Waals surface area contributed by atoms with Gasteiger partial charge >= 0.3 is 6.09 Å². The van der Waals surface area contributed by atoms with Crippen molar-refractivity contribution in [3.63, 3.8) is 0 Å². The van der Waals surface area contributed by atoms with Gasteiger partial charge < -0.3 is 4.74 Å². The van der Waals surface area contributed by atoms with Crippen LogP contribution in [0.5, 0.6) is 5.75 Å². The second-order valence-electron chi connectivity index (χ2n) is 4.87. The van der Waals surface area contributed by atoms with E-state index >= 15 is 0 Å². The maximum Gasteiger partial charge on any atom is 0.423 e. The number of nitro benzene ring substituents is 1. The lowest BCUT2D eigenvalue weighted by Gasteiger charge is -2.06. The average molecular weight is 296 g/mol. The molecular formula is C16H12N2O4. The number of benzene rings is 2. The highest BCUT2D eigenvalue weighted by molar-refractivity contribution is 5.90. The molecule has 0 radical (unpaired) electrons. The second-order valence-corrected chi connectivity index (χ2v) is 4.87. The van der Waals surface area contributed by atoms with Gasteiger partial charge in [-0.3, -0.25) is 14.7 Å². The number of hydrogen-bond donors (Lipinski definition) is 0. The molecule has 0 atom stereocenters. The van der Waals surface area contributed by atoms with Crippen LogP contribution < -0.4 is 4.74 Å². The van der Waals surface area contributed by atoms with Crippen LogP contribution in [0.3, 0.4) is 0 Å². The molecule has 1 heterocycles. The third-order valence-electron chi connectivity index (χ3n) is 3.30. The van der Waals surface area contributed by atoms with Crippen molar-refractivity contribution in [2.45, 2.75) is 6.92 Å². The summed E-state index contributed by atoms with van der Waals surface area (Å²) >= 11 is 0. The van der Waals surface area contributed by atoms with Gasteiger partial charge in [0.1, 0.15) is 5.75 Å². The lowest BCUT2D eigenvalue weighted by atomic mass is 10.2. The van der Waals surface area contributed by atoms with E-state index in [4.69, 9.17) is 4.74 Å². The molecule has 0 aliphatic heterocycles. The summed E-state index contributed by atoms with van der Waals surface area (Å²) in [5.74, 6) is 0.254. The van der Waals surface area contributed by atoms with Crippen molar-refractivity contribution < 1.29 is 14.5 Å². The number of carbonyl (C=O) groups is 1. The van der Waals surface area contributed by atoms with Gasteiger partial charge in [0.15, 0.2) is 0 Å². The van der Waals surface area contributed by atoms with Crippen molar-refractivity contribution in [2.24, 2.45) is 0 Å². The van der Waals surface area contributed by atoms with Crippen LogP contribution in [0.4, 0.5) is 10.5 Å². The molecule has 0 aliphatic carbocycles. The van der Waals surface area contributed by atoms with E-state index in [0.717, 1.165) is 16.5 Å². The highest BCUT2D eigenvalue weighted by Gasteiger charge is 2.12. The second kappa shape index (κ2) is 5.33. The standard InChI is InChI=1S/C16H12N2O4/c1-11-2-7-15-12(10-11)8-9-17(15)16(19)22-14-5-3-13(4-6-14)18(20)21/h2-10H,1H3. The number of rotatable bonds is 2. The Labute approximate surface area is 125 Å². The summed E-state index contributed by atoms with van der Waals surface area (Å²) in [5, 5.41) is 11.5. The number of aromatic nitrogens is 1. The van der Waals surface area contributed by atoms with Crippen LogP contribution in [0, 0.1) is 17.0 Å². The number of ether oxygens (including phenoxy) is 1. The van der Waals surface area contributed by atoms with Gasteiger partial charge in [0.2, 0.25) is 0 Å². The summed E-state index contributed by atoms with van der Waals surface area (Å²) < 4.78 is 6.63. The van der Waals surface area contributed by atoms with E-state index in [2.05, 4.69) is 0 Å². The van der Waals surface area contributed by atoms with Crippen molar-refractivity contribution in [1.29, 1.82) is 0 Å². The van der Waals surface area contributed by atoms with Crippen LogP contribution in [-0.2, 0) is 0 Å². The van der Waals surface area contributed by atoms with Gasteiger partial charge in [0, 0.05) is 23.7 Å². The zero-order chi connectivity index (χ0) is 15.7. The number of nitrogens with zero attached hydrogens (tertiary/aromatic N) is 2. The Morgan fingerprint density at radius 2 is 1.86 bits per heavy atom. The molecule has 0 aliphatic rings. The van der Waals surface area contributed by atoms with Crippen LogP contribution >= 0.6 is 0 Å². The molecule has 0 bridgehead atoms. The Kier molecular flexibility index (Phi) is 3.34. The molecule has 110 valence electrons. The first-order valence-electron chi connectivity index (χ1n) is 6.59. The van der Waals surface area contributed by atoms with Gasteiger partial charge in [0.25, 0.3) is 5.69 Å². The van der Waals surface area contributed by atoms with Crippen molar-refractivity contribution in [1.82, 2.24) is 4.57 Å². The Balaban J connectivity index is 1.85. The summed E-state index contributed by atoms with van der Waals surface area (Å²) in [4.78, 5) is 22.3. The Morgan fingerprint density at radius 1 is 1.14 bits per heavy atom. The monoisotopic (exact) mass is 296 g/mol. The van der Waals surface area contributed by atoms with Crippen LogP contribution in [0.25, 0.3) is 10.9 Å². The minimum atomic E-state index is -0.562. The lowest BCUT2D eigenvalue weighted by molar-refractivity contribution is -0.384. The number of non-ortho nitro benzene ring substituents is 1. The maximum absolute atomic E-state index is 12.2. The van der Waals surface area contributed by atoms with E-state index in [1.807, 2.05) is 31.2 Å². The molecule has 0 unspecified atom stereocenters. The number of nitro groups is 1. The summed E-state index contributed by atoms with van der Waals surface area (Å²) in [6, 6.07) is 12.9. The van der Waals surface area contributed by atoms with Gasteiger partial charge in [0.05, 0.1) is 10.4 Å². The first-order chi connectivity index (χ1) is 10.5. The van der Waals surface area contributed by atoms with Crippen LogP contribution in [-0.4, -0.2) is 15.6 Å². The van der Waals surface area contributed by atoms with Crippen molar-refractivity contribution >= 4 is 22.7 Å². The molecule has 2 aromatic carbocycles. The van der Waals surface area contributed by atoms with E-state index in [-0.39, 0.29) is 11.4 Å². The van der Waals surface area contributed by atoms with Crippen LogP contribution in [0.1, 0.15) is 5.56 Å². The van der Waals surface area contributed by atoms with E-state index in [1.54, 1.807) is 6.20 Å². The molecule has 0 spiro atoms. The summed E-state index contributed by atoms with van der Waals surface area (Å²) in [5.41, 5.74) is 1.80. The zero-order valence-corrected chi connectivity index (χ0v) is 11.7. The lowest BCUT2D eigenvalue weighted by Crippen LogP contribution is -2.15. The van der Waals surface area contributed by atoms with Crippen molar-refractivity contribution in [3.05, 3.63) is 70.4 Å². The Hall–Kier alpha value is -3.15. The maximum atomic E-state index is 12.2. The highest BCUT2D eigenvalue weighted by Crippen LogP contribution is 2.20. The highest BCUT2D eigenvalue weighted by atomic mass is 16.6. The minimum Gasteiger partial charge on any atom is -0.410 e. The SMILES string of the molecule is Cc1ccc2c(ccn2C(=O)Oc2ccc([N+](=O)[O-])cc2)c1. The minimum absolute atomic E-state index is 0.0540. The molecule has 3 aromatic rings. The Morgan fingerprint density at radius 3 is 2.55 bits per heavy atom. The molecule has 1 aromatic heterocycles. The average Bonchev–Trinajstić information content (AvgIpc) is 2.90. The Bertz CT molecular complexity index is 865. The fraction of sp³-hybridized carbons (Fsp3) is 0.0625. The molecule has 0 saturated heterocycles. The number of aryl methyl sites for hydroxylation is 1.